The number of carbonyl (C=O) groups is 2. The van der Waals surface area contributed by atoms with Crippen molar-refractivity contribution < 1.29 is 14.3 Å². The Kier molecular flexibility index (Phi) is 6.03. The molecular formula is C26H28N2O3. The number of esters is 1. The van der Waals surface area contributed by atoms with E-state index in [1.807, 2.05) is 51.1 Å². The van der Waals surface area contributed by atoms with Crippen molar-refractivity contribution in [2.75, 3.05) is 0 Å². The van der Waals surface area contributed by atoms with Crippen LogP contribution in [0.25, 0.3) is 0 Å². The van der Waals surface area contributed by atoms with Crippen molar-refractivity contribution in [3.8, 4) is 0 Å². The third-order valence-corrected chi connectivity index (χ3v) is 6.22. The summed E-state index contributed by atoms with van der Waals surface area (Å²) in [6, 6.07) is 13.9. The van der Waals surface area contributed by atoms with Gasteiger partial charge in [-0.3, -0.25) is 9.78 Å². The second-order valence-corrected chi connectivity index (χ2v) is 8.34. The van der Waals surface area contributed by atoms with Gasteiger partial charge in [0.25, 0.3) is 0 Å². The highest BCUT2D eigenvalue weighted by molar-refractivity contribution is 6.04. The van der Waals surface area contributed by atoms with E-state index in [0.29, 0.717) is 17.6 Å². The Morgan fingerprint density at radius 1 is 1.16 bits per heavy atom. The lowest BCUT2D eigenvalue weighted by Crippen LogP contribution is -2.36. The fraction of sp³-hybridized carbons (Fsp3) is 0.346. The van der Waals surface area contributed by atoms with E-state index in [1.54, 1.807) is 12.4 Å². The maximum Gasteiger partial charge on any atom is 0.337 e. The SMILES string of the molecule is CC[C@H](C)OC(=O)C1=C(C)NC2=C(C(=O)C[C@@H](c3ccccc3)C2)[C@H]1c1cccnc1. The molecule has 3 atom stereocenters. The molecule has 0 saturated carbocycles. The van der Waals surface area contributed by atoms with Gasteiger partial charge in [0.05, 0.1) is 11.7 Å². The maximum absolute atomic E-state index is 13.5. The van der Waals surface area contributed by atoms with Crippen LogP contribution in [-0.2, 0) is 14.3 Å². The molecule has 2 aromatic rings. The van der Waals surface area contributed by atoms with Crippen LogP contribution in [0.15, 0.2) is 77.4 Å². The molecule has 1 aromatic carbocycles. The molecule has 1 N–H and O–H groups in total. The molecule has 4 rings (SSSR count). The summed E-state index contributed by atoms with van der Waals surface area (Å²) in [5, 5.41) is 3.39. The van der Waals surface area contributed by atoms with Gasteiger partial charge in [-0.25, -0.2) is 4.79 Å². The van der Waals surface area contributed by atoms with Crippen LogP contribution in [0, 0.1) is 0 Å². The lowest BCUT2D eigenvalue weighted by atomic mass is 9.72. The molecule has 0 saturated heterocycles. The number of nitrogens with one attached hydrogen (secondary N) is 1. The third kappa shape index (κ3) is 4.18. The normalized spacial score (nSPS) is 22.0. The minimum atomic E-state index is -0.467. The van der Waals surface area contributed by atoms with Crippen LogP contribution >= 0.6 is 0 Å². The fourth-order valence-corrected chi connectivity index (χ4v) is 4.48. The molecule has 0 unspecified atom stereocenters. The number of dihydropyridines is 1. The minimum absolute atomic E-state index is 0.0674. The van der Waals surface area contributed by atoms with E-state index >= 15 is 0 Å². The minimum Gasteiger partial charge on any atom is -0.459 e. The predicted octanol–water partition coefficient (Wildman–Crippen LogP) is 4.78. The summed E-state index contributed by atoms with van der Waals surface area (Å²) in [6.45, 7) is 5.74. The Morgan fingerprint density at radius 2 is 1.90 bits per heavy atom. The number of ketones is 1. The van der Waals surface area contributed by atoms with E-state index in [2.05, 4.69) is 22.4 Å². The first kappa shape index (κ1) is 21.0. The maximum atomic E-state index is 13.5. The van der Waals surface area contributed by atoms with Gasteiger partial charge in [0, 0.05) is 41.7 Å². The largest absolute Gasteiger partial charge is 0.459 e. The van der Waals surface area contributed by atoms with Crippen molar-refractivity contribution >= 4 is 11.8 Å². The summed E-state index contributed by atoms with van der Waals surface area (Å²) in [5.74, 6) is -0.655. The summed E-state index contributed by atoms with van der Waals surface area (Å²) in [7, 11) is 0. The van der Waals surface area contributed by atoms with E-state index in [9.17, 15) is 9.59 Å². The number of Topliss-reactive ketones (excluding diaryl/α,β-unsaturated/α-hetero) is 1. The molecule has 5 heteroatoms. The van der Waals surface area contributed by atoms with Crippen LogP contribution in [0.2, 0.25) is 0 Å². The average molecular weight is 417 g/mol. The van der Waals surface area contributed by atoms with Gasteiger partial charge >= 0.3 is 5.97 Å². The number of hydrogen-bond donors (Lipinski definition) is 1. The zero-order valence-electron chi connectivity index (χ0n) is 18.2. The molecule has 0 amide bonds. The van der Waals surface area contributed by atoms with Crippen molar-refractivity contribution in [1.29, 1.82) is 0 Å². The highest BCUT2D eigenvalue weighted by atomic mass is 16.5. The van der Waals surface area contributed by atoms with Gasteiger partial charge in [-0.2, -0.15) is 0 Å². The van der Waals surface area contributed by atoms with Crippen LogP contribution in [0.4, 0.5) is 0 Å². The van der Waals surface area contributed by atoms with Crippen molar-refractivity contribution in [2.24, 2.45) is 0 Å². The van der Waals surface area contributed by atoms with Crippen LogP contribution in [0.3, 0.4) is 0 Å². The summed E-state index contributed by atoms with van der Waals surface area (Å²) >= 11 is 0. The quantitative estimate of drug-likeness (QED) is 0.710. The van der Waals surface area contributed by atoms with Gasteiger partial charge in [0.1, 0.15) is 0 Å². The molecule has 0 bridgehead atoms. The van der Waals surface area contributed by atoms with Gasteiger partial charge in [0.15, 0.2) is 5.78 Å². The number of nitrogens with zero attached hydrogens (tertiary/aromatic N) is 1. The summed E-state index contributed by atoms with van der Waals surface area (Å²) in [4.78, 5) is 30.9. The van der Waals surface area contributed by atoms with E-state index in [0.717, 1.165) is 35.4 Å². The molecule has 31 heavy (non-hydrogen) atoms. The molecule has 2 aliphatic rings. The third-order valence-electron chi connectivity index (χ3n) is 6.22. The van der Waals surface area contributed by atoms with Crippen LogP contribution in [0.1, 0.15) is 63.0 Å². The summed E-state index contributed by atoms with van der Waals surface area (Å²) < 4.78 is 5.68. The molecule has 1 aliphatic carbocycles. The van der Waals surface area contributed by atoms with Crippen LogP contribution < -0.4 is 5.32 Å². The van der Waals surface area contributed by atoms with Crippen molar-refractivity contribution in [3.63, 3.8) is 0 Å². The second kappa shape index (κ2) is 8.88. The van der Waals surface area contributed by atoms with Crippen molar-refractivity contribution in [2.45, 2.75) is 58.0 Å². The molecular weight excluding hydrogens is 388 g/mol. The highest BCUT2D eigenvalue weighted by Crippen LogP contribution is 2.45. The first-order valence-electron chi connectivity index (χ1n) is 10.9. The molecule has 0 spiro atoms. The van der Waals surface area contributed by atoms with Gasteiger partial charge in [0.2, 0.25) is 0 Å². The van der Waals surface area contributed by atoms with Gasteiger partial charge in [-0.05, 0) is 49.8 Å². The van der Waals surface area contributed by atoms with Crippen LogP contribution in [0.5, 0.6) is 0 Å². The Bertz CT molecular complexity index is 1040. The molecule has 2 heterocycles. The Morgan fingerprint density at radius 3 is 2.58 bits per heavy atom. The Labute approximate surface area is 183 Å². The Hall–Kier alpha value is -3.21. The second-order valence-electron chi connectivity index (χ2n) is 8.34. The van der Waals surface area contributed by atoms with E-state index < -0.39 is 5.92 Å². The lowest BCUT2D eigenvalue weighted by Gasteiger charge is -2.36. The number of aromatic nitrogens is 1. The molecule has 1 aromatic heterocycles. The van der Waals surface area contributed by atoms with Crippen molar-refractivity contribution in [3.05, 3.63) is 88.5 Å². The monoisotopic (exact) mass is 416 g/mol. The first-order valence-corrected chi connectivity index (χ1v) is 10.9. The highest BCUT2D eigenvalue weighted by Gasteiger charge is 2.41. The number of pyridine rings is 1. The van der Waals surface area contributed by atoms with Crippen LogP contribution in [-0.4, -0.2) is 22.8 Å². The zero-order chi connectivity index (χ0) is 22.0. The van der Waals surface area contributed by atoms with E-state index in [1.165, 1.54) is 0 Å². The number of carbonyl (C=O) groups excluding carboxylic acids is 2. The first-order chi connectivity index (χ1) is 15.0. The summed E-state index contributed by atoms with van der Waals surface area (Å²) in [6.07, 6.45) is 5.13. The fourth-order valence-electron chi connectivity index (χ4n) is 4.48. The lowest BCUT2D eigenvalue weighted by molar-refractivity contribution is -0.144. The predicted molar refractivity (Wildman–Crippen MR) is 119 cm³/mol. The Balaban J connectivity index is 1.76. The number of ether oxygens (including phenoxy) is 1. The molecule has 0 radical (unpaired) electrons. The number of benzene rings is 1. The zero-order valence-corrected chi connectivity index (χ0v) is 18.2. The van der Waals surface area contributed by atoms with Gasteiger partial charge in [-0.1, -0.05) is 43.3 Å². The molecule has 0 fully saturated rings. The van der Waals surface area contributed by atoms with E-state index in [-0.39, 0.29) is 23.8 Å². The van der Waals surface area contributed by atoms with Gasteiger partial charge in [-0.15, -0.1) is 0 Å². The molecule has 1 aliphatic heterocycles. The average Bonchev–Trinajstić information content (AvgIpc) is 2.79. The molecule has 5 nitrogen and oxygen atoms in total. The standard InChI is InChI=1S/C26H28N2O3/c1-4-16(2)31-26(30)23-17(3)28-21-13-20(18-9-6-5-7-10-18)14-22(29)25(21)24(23)19-11-8-12-27-15-19/h5-12,15-16,20,24,28H,4,13-14H2,1-3H3/t16-,20-,24-/m0/s1. The smallest absolute Gasteiger partial charge is 0.337 e. The summed E-state index contributed by atoms with van der Waals surface area (Å²) in [5.41, 5.74) is 4.80. The number of allylic oxidation sites excluding steroid dienone is 3. The topological polar surface area (TPSA) is 68.3 Å². The van der Waals surface area contributed by atoms with Gasteiger partial charge < -0.3 is 10.1 Å². The van der Waals surface area contributed by atoms with E-state index in [4.69, 9.17) is 4.74 Å². The molecule has 160 valence electrons. The number of rotatable bonds is 5. The van der Waals surface area contributed by atoms with Crippen molar-refractivity contribution in [1.82, 2.24) is 10.3 Å². The number of hydrogen-bond acceptors (Lipinski definition) is 5.